The lowest BCUT2D eigenvalue weighted by Crippen LogP contribution is -1.99. The van der Waals surface area contributed by atoms with Crippen LogP contribution in [0.25, 0.3) is 0 Å². The highest BCUT2D eigenvalue weighted by Crippen LogP contribution is 2.31. The van der Waals surface area contributed by atoms with Gasteiger partial charge in [-0.05, 0) is 19.1 Å². The third-order valence-corrected chi connectivity index (χ3v) is 2.51. The molecule has 2 rings (SSSR count). The smallest absolute Gasteiger partial charge is 0.241 e. The number of benzene rings is 1. The molecule has 0 atom stereocenters. The molecule has 0 spiro atoms. The SMILES string of the molecule is Cc1nn(C)c(Oc2cccc(F)c2C#N)c1N. The summed E-state index contributed by atoms with van der Waals surface area (Å²) >= 11 is 0. The topological polar surface area (TPSA) is 76.9 Å². The van der Waals surface area contributed by atoms with E-state index in [0.29, 0.717) is 11.4 Å². The maximum absolute atomic E-state index is 13.4. The molecule has 0 bridgehead atoms. The monoisotopic (exact) mass is 246 g/mol. The molecule has 2 aromatic rings. The molecule has 5 nitrogen and oxygen atoms in total. The number of anilines is 1. The van der Waals surface area contributed by atoms with E-state index in [0.717, 1.165) is 0 Å². The van der Waals surface area contributed by atoms with E-state index in [1.54, 1.807) is 20.0 Å². The number of ether oxygens (including phenoxy) is 1. The second-order valence-corrected chi connectivity index (χ2v) is 3.75. The van der Waals surface area contributed by atoms with Crippen molar-refractivity contribution in [2.75, 3.05) is 5.73 Å². The number of nitrogen functional groups attached to an aromatic ring is 1. The van der Waals surface area contributed by atoms with Gasteiger partial charge in [-0.25, -0.2) is 9.07 Å². The first-order valence-electron chi connectivity index (χ1n) is 5.20. The van der Waals surface area contributed by atoms with Crippen molar-refractivity contribution < 1.29 is 9.13 Å². The standard InChI is InChI=1S/C12H11FN4O/c1-7-11(15)12(17(2)16-7)18-10-5-3-4-9(13)8(10)6-14/h3-5H,15H2,1-2H3. The fourth-order valence-electron chi connectivity index (χ4n) is 1.58. The molecule has 0 aliphatic rings. The summed E-state index contributed by atoms with van der Waals surface area (Å²) in [4.78, 5) is 0. The van der Waals surface area contributed by atoms with E-state index >= 15 is 0 Å². The first-order valence-corrected chi connectivity index (χ1v) is 5.20. The summed E-state index contributed by atoms with van der Waals surface area (Å²) in [5, 5.41) is 13.0. The Morgan fingerprint density at radius 2 is 2.22 bits per heavy atom. The Morgan fingerprint density at radius 1 is 1.50 bits per heavy atom. The quantitative estimate of drug-likeness (QED) is 0.880. The molecule has 0 radical (unpaired) electrons. The van der Waals surface area contributed by atoms with Crippen LogP contribution in [0.3, 0.4) is 0 Å². The number of hydrogen-bond acceptors (Lipinski definition) is 4. The van der Waals surface area contributed by atoms with Crippen LogP contribution in [0.1, 0.15) is 11.3 Å². The van der Waals surface area contributed by atoms with Crippen LogP contribution in [0.5, 0.6) is 11.6 Å². The molecule has 0 saturated heterocycles. The average Bonchev–Trinajstić information content (AvgIpc) is 2.56. The minimum atomic E-state index is -0.632. The predicted octanol–water partition coefficient (Wildman–Crippen LogP) is 2.11. The van der Waals surface area contributed by atoms with Gasteiger partial charge in [-0.1, -0.05) is 6.07 Å². The Balaban J connectivity index is 2.47. The summed E-state index contributed by atoms with van der Waals surface area (Å²) in [5.74, 6) is -0.228. The number of aromatic nitrogens is 2. The van der Waals surface area contributed by atoms with Crippen LogP contribution >= 0.6 is 0 Å². The van der Waals surface area contributed by atoms with Crippen molar-refractivity contribution in [3.05, 3.63) is 35.3 Å². The number of nitrogens with zero attached hydrogens (tertiary/aromatic N) is 3. The maximum atomic E-state index is 13.4. The van der Waals surface area contributed by atoms with Crippen LogP contribution < -0.4 is 10.5 Å². The molecular formula is C12H11FN4O. The van der Waals surface area contributed by atoms with Gasteiger partial charge < -0.3 is 10.5 Å². The molecule has 0 saturated carbocycles. The Morgan fingerprint density at radius 3 is 2.78 bits per heavy atom. The second kappa shape index (κ2) is 4.37. The van der Waals surface area contributed by atoms with Crippen molar-refractivity contribution in [3.63, 3.8) is 0 Å². The molecular weight excluding hydrogens is 235 g/mol. The summed E-state index contributed by atoms with van der Waals surface area (Å²) in [6, 6.07) is 5.92. The molecule has 2 N–H and O–H groups in total. The van der Waals surface area contributed by atoms with Crippen LogP contribution in [0, 0.1) is 24.1 Å². The van der Waals surface area contributed by atoms with E-state index in [-0.39, 0.29) is 17.2 Å². The van der Waals surface area contributed by atoms with E-state index in [1.165, 1.54) is 22.9 Å². The molecule has 0 aliphatic carbocycles. The molecule has 0 unspecified atom stereocenters. The second-order valence-electron chi connectivity index (χ2n) is 3.75. The van der Waals surface area contributed by atoms with Gasteiger partial charge in [0.1, 0.15) is 28.9 Å². The minimum absolute atomic E-state index is 0.118. The molecule has 92 valence electrons. The lowest BCUT2D eigenvalue weighted by atomic mass is 10.2. The summed E-state index contributed by atoms with van der Waals surface area (Å²) < 4.78 is 20.3. The summed E-state index contributed by atoms with van der Waals surface area (Å²) in [5.41, 5.74) is 6.62. The van der Waals surface area contributed by atoms with Crippen LogP contribution in [-0.2, 0) is 7.05 Å². The average molecular weight is 246 g/mol. The van der Waals surface area contributed by atoms with Crippen LogP contribution in [0.4, 0.5) is 10.1 Å². The van der Waals surface area contributed by atoms with E-state index in [2.05, 4.69) is 5.10 Å². The first-order chi connectivity index (χ1) is 8.54. The number of hydrogen-bond donors (Lipinski definition) is 1. The van der Waals surface area contributed by atoms with Gasteiger partial charge in [0.2, 0.25) is 5.88 Å². The molecule has 1 aromatic carbocycles. The maximum Gasteiger partial charge on any atom is 0.241 e. The van der Waals surface area contributed by atoms with E-state index in [1.807, 2.05) is 0 Å². The Kier molecular flexibility index (Phi) is 2.90. The highest BCUT2D eigenvalue weighted by molar-refractivity contribution is 5.55. The normalized spacial score (nSPS) is 10.1. The van der Waals surface area contributed by atoms with Gasteiger partial charge in [0.15, 0.2) is 0 Å². The van der Waals surface area contributed by atoms with Gasteiger partial charge >= 0.3 is 0 Å². The number of nitriles is 1. The molecule has 18 heavy (non-hydrogen) atoms. The fourth-order valence-corrected chi connectivity index (χ4v) is 1.58. The van der Waals surface area contributed by atoms with E-state index in [9.17, 15) is 4.39 Å². The number of nitrogens with two attached hydrogens (primary N) is 1. The third-order valence-electron chi connectivity index (χ3n) is 2.51. The van der Waals surface area contributed by atoms with Crippen LogP contribution in [0.15, 0.2) is 18.2 Å². The Bertz CT molecular complexity index is 642. The zero-order valence-corrected chi connectivity index (χ0v) is 9.94. The van der Waals surface area contributed by atoms with Crippen molar-refractivity contribution in [2.45, 2.75) is 6.92 Å². The highest BCUT2D eigenvalue weighted by atomic mass is 19.1. The van der Waals surface area contributed by atoms with Gasteiger partial charge in [0.25, 0.3) is 0 Å². The molecule has 0 aliphatic heterocycles. The predicted molar refractivity (Wildman–Crippen MR) is 63.5 cm³/mol. The zero-order valence-electron chi connectivity index (χ0n) is 9.94. The fraction of sp³-hybridized carbons (Fsp3) is 0.167. The van der Waals surface area contributed by atoms with Gasteiger partial charge in [-0.15, -0.1) is 0 Å². The summed E-state index contributed by atoms with van der Waals surface area (Å²) in [6.07, 6.45) is 0. The summed E-state index contributed by atoms with van der Waals surface area (Å²) in [7, 11) is 1.66. The van der Waals surface area contributed by atoms with Gasteiger partial charge in [0.05, 0.1) is 5.69 Å². The highest BCUT2D eigenvalue weighted by Gasteiger charge is 2.16. The molecule has 0 amide bonds. The lowest BCUT2D eigenvalue weighted by Gasteiger charge is -2.08. The first kappa shape index (κ1) is 11.9. The Labute approximate surface area is 103 Å². The van der Waals surface area contributed by atoms with Crippen molar-refractivity contribution in [2.24, 2.45) is 7.05 Å². The van der Waals surface area contributed by atoms with Gasteiger partial charge in [-0.2, -0.15) is 10.4 Å². The van der Waals surface area contributed by atoms with Gasteiger partial charge in [0, 0.05) is 7.05 Å². The molecule has 1 aromatic heterocycles. The van der Waals surface area contributed by atoms with E-state index < -0.39 is 5.82 Å². The largest absolute Gasteiger partial charge is 0.436 e. The van der Waals surface area contributed by atoms with Crippen molar-refractivity contribution >= 4 is 5.69 Å². The minimum Gasteiger partial charge on any atom is -0.436 e. The summed E-state index contributed by atoms with van der Waals surface area (Å²) in [6.45, 7) is 1.74. The van der Waals surface area contributed by atoms with Gasteiger partial charge in [-0.3, -0.25) is 0 Å². The molecule has 0 fully saturated rings. The van der Waals surface area contributed by atoms with E-state index in [4.69, 9.17) is 15.7 Å². The number of aryl methyl sites for hydroxylation is 2. The number of halogens is 1. The van der Waals surface area contributed by atoms with Crippen LogP contribution in [-0.4, -0.2) is 9.78 Å². The third kappa shape index (κ3) is 1.86. The lowest BCUT2D eigenvalue weighted by molar-refractivity contribution is 0.427. The van der Waals surface area contributed by atoms with Crippen LogP contribution in [0.2, 0.25) is 0 Å². The number of rotatable bonds is 2. The van der Waals surface area contributed by atoms with Crippen molar-refractivity contribution in [1.29, 1.82) is 5.26 Å². The van der Waals surface area contributed by atoms with Crippen molar-refractivity contribution in [1.82, 2.24) is 9.78 Å². The Hall–Kier alpha value is -2.55. The molecule has 6 heteroatoms. The zero-order chi connectivity index (χ0) is 13.3. The molecule has 1 heterocycles. The van der Waals surface area contributed by atoms with Crippen molar-refractivity contribution in [3.8, 4) is 17.7 Å².